The third-order valence-electron chi connectivity index (χ3n) is 4.27. The molecular formula is C21H27BN2O7S. The van der Waals surface area contributed by atoms with Gasteiger partial charge in [0.25, 0.3) is 10.0 Å². The summed E-state index contributed by atoms with van der Waals surface area (Å²) in [7, 11) is 3.10. The molecule has 11 heteroatoms. The molecule has 0 amide bonds. The van der Waals surface area contributed by atoms with Crippen molar-refractivity contribution in [2.75, 3.05) is 56.7 Å². The molecule has 0 aliphatic heterocycles. The van der Waals surface area contributed by atoms with Gasteiger partial charge < -0.3 is 24.7 Å². The Morgan fingerprint density at radius 2 is 1.75 bits per heavy atom. The van der Waals surface area contributed by atoms with Gasteiger partial charge in [-0.3, -0.25) is 4.31 Å². The number of carbonyl (C=O) groups excluding carboxylic acids is 1. The van der Waals surface area contributed by atoms with Gasteiger partial charge in [0.1, 0.15) is 25.1 Å². The molecule has 0 saturated carbocycles. The van der Waals surface area contributed by atoms with Gasteiger partial charge in [-0.25, -0.2) is 13.2 Å². The molecule has 32 heavy (non-hydrogen) atoms. The fourth-order valence-electron chi connectivity index (χ4n) is 2.77. The van der Waals surface area contributed by atoms with E-state index in [1.165, 1.54) is 23.5 Å². The Kier molecular flexibility index (Phi) is 9.82. The number of rotatable bonds is 13. The lowest BCUT2D eigenvalue weighted by atomic mass is 9.96. The average molecular weight is 462 g/mol. The van der Waals surface area contributed by atoms with Gasteiger partial charge in [-0.2, -0.15) is 0 Å². The monoisotopic (exact) mass is 462 g/mol. The highest BCUT2D eigenvalue weighted by Gasteiger charge is 2.28. The number of nitrogens with zero attached hydrogens (tertiary/aromatic N) is 1. The first-order chi connectivity index (χ1) is 15.3. The maximum Gasteiger partial charge on any atom is 0.332 e. The third kappa shape index (κ3) is 7.15. The van der Waals surface area contributed by atoms with Gasteiger partial charge in [0.15, 0.2) is 0 Å². The summed E-state index contributed by atoms with van der Waals surface area (Å²) in [6.45, 7) is 2.26. The molecule has 2 N–H and O–H groups in total. The number of benzene rings is 2. The predicted octanol–water partition coefficient (Wildman–Crippen LogP) is 0.863. The van der Waals surface area contributed by atoms with Gasteiger partial charge in [-0.15, -0.1) is 0 Å². The Bertz CT molecular complexity index is 984. The number of esters is 1. The van der Waals surface area contributed by atoms with E-state index in [4.69, 9.17) is 32.5 Å². The van der Waals surface area contributed by atoms with E-state index in [0.29, 0.717) is 11.2 Å². The molecule has 172 valence electrons. The van der Waals surface area contributed by atoms with E-state index in [1.54, 1.807) is 37.3 Å². The second-order valence-corrected chi connectivity index (χ2v) is 8.38. The second kappa shape index (κ2) is 12.3. The van der Waals surface area contributed by atoms with Crippen LogP contribution < -0.4 is 20.2 Å². The van der Waals surface area contributed by atoms with Crippen molar-refractivity contribution in [3.05, 3.63) is 42.5 Å². The van der Waals surface area contributed by atoms with Crippen LogP contribution in [0.3, 0.4) is 0 Å². The summed E-state index contributed by atoms with van der Waals surface area (Å²) in [5, 5.41) is 0. The predicted molar refractivity (Wildman–Crippen MR) is 122 cm³/mol. The van der Waals surface area contributed by atoms with Crippen molar-refractivity contribution in [2.24, 2.45) is 0 Å². The zero-order valence-electron chi connectivity index (χ0n) is 18.2. The zero-order chi connectivity index (χ0) is 23.6. The number of hydrogen-bond acceptors (Lipinski definition) is 8. The Labute approximate surface area is 189 Å². The number of ether oxygens (including phenoxy) is 4. The van der Waals surface area contributed by atoms with Crippen LogP contribution in [0.15, 0.2) is 47.4 Å². The first kappa shape index (κ1) is 25.5. The number of anilines is 2. The molecule has 2 rings (SSSR count). The fourth-order valence-corrected chi connectivity index (χ4v) is 4.41. The van der Waals surface area contributed by atoms with Crippen LogP contribution in [0.2, 0.25) is 0 Å². The largest absolute Gasteiger partial charge is 0.495 e. The van der Waals surface area contributed by atoms with Crippen LogP contribution in [-0.2, 0) is 29.0 Å². The lowest BCUT2D eigenvalue weighted by Gasteiger charge is -2.25. The van der Waals surface area contributed by atoms with Crippen LogP contribution in [0.1, 0.15) is 6.92 Å². The summed E-state index contributed by atoms with van der Waals surface area (Å²) in [4.78, 5) is 11.2. The highest BCUT2D eigenvalue weighted by molar-refractivity contribution is 7.93. The van der Waals surface area contributed by atoms with E-state index < -0.39 is 16.0 Å². The maximum atomic E-state index is 13.5. The number of nitrogens with two attached hydrogens (primary N) is 1. The van der Waals surface area contributed by atoms with Crippen molar-refractivity contribution in [1.29, 1.82) is 0 Å². The van der Waals surface area contributed by atoms with Gasteiger partial charge in [0.05, 0.1) is 45.8 Å². The van der Waals surface area contributed by atoms with Crippen molar-refractivity contribution in [2.45, 2.75) is 11.8 Å². The van der Waals surface area contributed by atoms with Crippen LogP contribution in [0.25, 0.3) is 0 Å². The standard InChI is InChI=1S/C21H27BN2O7S/c1-3-31-21(25)15-30-13-12-29-11-10-24(18-7-4-16(22)5-8-18)32(26,27)20-14-17(23)6-9-19(20)28-2/h4-9,14H,3,10-13,15,23H2,1-2H3. The van der Waals surface area contributed by atoms with Crippen molar-refractivity contribution in [3.8, 4) is 5.75 Å². The number of methoxy groups -OCH3 is 1. The average Bonchev–Trinajstić information content (AvgIpc) is 2.76. The lowest BCUT2D eigenvalue weighted by Crippen LogP contribution is -2.35. The topological polar surface area (TPSA) is 117 Å². The number of sulfonamides is 1. The van der Waals surface area contributed by atoms with Gasteiger partial charge in [-0.05, 0) is 37.3 Å². The molecule has 0 bridgehead atoms. The Morgan fingerprint density at radius 3 is 2.41 bits per heavy atom. The van der Waals surface area contributed by atoms with E-state index in [0.717, 1.165) is 0 Å². The Hall–Kier alpha value is -2.76. The smallest absolute Gasteiger partial charge is 0.332 e. The minimum atomic E-state index is -4.03. The normalized spacial score (nSPS) is 11.2. The molecule has 2 aromatic rings. The van der Waals surface area contributed by atoms with Crippen LogP contribution in [0.5, 0.6) is 5.75 Å². The summed E-state index contributed by atoms with van der Waals surface area (Å²) in [5.41, 5.74) is 7.02. The van der Waals surface area contributed by atoms with Crippen molar-refractivity contribution >= 4 is 40.7 Å². The van der Waals surface area contributed by atoms with Crippen LogP contribution in [0.4, 0.5) is 11.4 Å². The SMILES string of the molecule is [B]c1ccc(N(CCOCCOCC(=O)OCC)S(=O)(=O)c2cc(N)ccc2OC)cc1. The summed E-state index contributed by atoms with van der Waals surface area (Å²) >= 11 is 0. The minimum Gasteiger partial charge on any atom is -0.495 e. The van der Waals surface area contributed by atoms with Gasteiger partial charge in [0.2, 0.25) is 0 Å². The first-order valence-corrected chi connectivity index (χ1v) is 11.4. The molecule has 0 fully saturated rings. The third-order valence-corrected chi connectivity index (χ3v) is 6.12. The summed E-state index contributed by atoms with van der Waals surface area (Å²) in [5.74, 6) is -0.280. The molecule has 0 atom stereocenters. The molecule has 0 saturated heterocycles. The van der Waals surface area contributed by atoms with Crippen molar-refractivity contribution in [3.63, 3.8) is 0 Å². The highest BCUT2D eigenvalue weighted by atomic mass is 32.2. The molecule has 0 unspecified atom stereocenters. The number of hydrogen-bond donors (Lipinski definition) is 1. The van der Waals surface area contributed by atoms with E-state index in [-0.39, 0.29) is 55.9 Å². The van der Waals surface area contributed by atoms with Gasteiger partial charge >= 0.3 is 5.97 Å². The molecule has 0 spiro atoms. The molecule has 2 radical (unpaired) electrons. The molecule has 9 nitrogen and oxygen atoms in total. The van der Waals surface area contributed by atoms with Crippen LogP contribution in [0, 0.1) is 0 Å². The maximum absolute atomic E-state index is 13.5. The molecular weight excluding hydrogens is 435 g/mol. The van der Waals surface area contributed by atoms with E-state index in [1.807, 2.05) is 0 Å². The Morgan fingerprint density at radius 1 is 1.06 bits per heavy atom. The number of carbonyl (C=O) groups is 1. The van der Waals surface area contributed by atoms with E-state index in [2.05, 4.69) is 0 Å². The second-order valence-electron chi connectivity index (χ2n) is 6.55. The number of nitrogen functional groups attached to an aromatic ring is 1. The molecule has 0 heterocycles. The molecule has 2 aromatic carbocycles. The van der Waals surface area contributed by atoms with Crippen molar-refractivity contribution in [1.82, 2.24) is 0 Å². The van der Waals surface area contributed by atoms with Crippen LogP contribution >= 0.6 is 0 Å². The van der Waals surface area contributed by atoms with E-state index >= 15 is 0 Å². The highest BCUT2D eigenvalue weighted by Crippen LogP contribution is 2.31. The van der Waals surface area contributed by atoms with E-state index in [9.17, 15) is 13.2 Å². The van der Waals surface area contributed by atoms with Crippen molar-refractivity contribution < 1.29 is 32.2 Å². The Balaban J connectivity index is 2.10. The lowest BCUT2D eigenvalue weighted by molar-refractivity contribution is -0.148. The molecule has 0 aromatic heterocycles. The zero-order valence-corrected chi connectivity index (χ0v) is 19.0. The quantitative estimate of drug-likeness (QED) is 0.202. The van der Waals surface area contributed by atoms with Gasteiger partial charge in [-0.1, -0.05) is 17.6 Å². The summed E-state index contributed by atoms with van der Waals surface area (Å²) in [6, 6.07) is 10.8. The molecule has 0 aliphatic carbocycles. The molecule has 0 aliphatic rings. The first-order valence-electron chi connectivity index (χ1n) is 9.92. The minimum absolute atomic E-state index is 0.0160. The summed E-state index contributed by atoms with van der Waals surface area (Å²) < 4.78 is 48.8. The fraction of sp³-hybridized carbons (Fsp3) is 0.381. The van der Waals surface area contributed by atoms with Gasteiger partial charge in [0, 0.05) is 5.69 Å². The van der Waals surface area contributed by atoms with Crippen LogP contribution in [-0.4, -0.2) is 68.9 Å². The summed E-state index contributed by atoms with van der Waals surface area (Å²) in [6.07, 6.45) is 0.